The van der Waals surface area contributed by atoms with Gasteiger partial charge in [-0.3, -0.25) is 9.59 Å². The number of ether oxygens (including phenoxy) is 2. The lowest BCUT2D eigenvalue weighted by molar-refractivity contribution is -0.180. The Morgan fingerprint density at radius 3 is 1.17 bits per heavy atom. The van der Waals surface area contributed by atoms with Crippen LogP contribution in [0, 0.1) is 0 Å². The quantitative estimate of drug-likeness (QED) is 0.0730. The highest BCUT2D eigenvalue weighted by molar-refractivity contribution is 6.74. The van der Waals surface area contributed by atoms with Crippen LogP contribution in [-0.4, -0.2) is 75.8 Å². The minimum atomic E-state index is -2.02. The Labute approximate surface area is 453 Å². The van der Waals surface area contributed by atoms with Crippen LogP contribution in [0.2, 0.25) is 56.4 Å². The first kappa shape index (κ1) is 59.6. The third-order valence-electron chi connectivity index (χ3n) is 15.0. The van der Waals surface area contributed by atoms with Crippen LogP contribution < -0.4 is 0 Å². The Morgan fingerprint density at radius 1 is 0.556 bits per heavy atom. The van der Waals surface area contributed by atoms with Gasteiger partial charge in [-0.15, -0.1) is 13.2 Å². The van der Waals surface area contributed by atoms with Gasteiger partial charge in [0.1, 0.15) is 24.4 Å². The molecule has 0 N–H and O–H groups in total. The molecule has 4 aromatic rings. The minimum Gasteiger partial charge on any atom is -0.415 e. The van der Waals surface area contributed by atoms with Gasteiger partial charge in [-0.1, -0.05) is 162 Å². The van der Waals surface area contributed by atoms with Crippen LogP contribution in [0.4, 0.5) is 0 Å². The second-order valence-electron chi connectivity index (χ2n) is 22.0. The van der Waals surface area contributed by atoms with Crippen molar-refractivity contribution in [3.8, 4) is 0 Å². The molecule has 6 rings (SSSR count). The molecule has 2 saturated heterocycles. The summed E-state index contributed by atoms with van der Waals surface area (Å²) in [6.07, 6.45) is 3.79. The van der Waals surface area contributed by atoms with Crippen LogP contribution in [0.3, 0.4) is 0 Å². The predicted molar refractivity (Wildman–Crippen MR) is 304 cm³/mol. The number of amides is 2. The maximum Gasteiger partial charge on any atom is 0.253 e. The van der Waals surface area contributed by atoms with E-state index in [9.17, 15) is 9.59 Å². The number of morpholine rings is 2. The molecule has 2 amide bonds. The topological polar surface area (TPSA) is 77.5 Å². The summed E-state index contributed by atoms with van der Waals surface area (Å²) >= 11 is 25.2. The first-order chi connectivity index (χ1) is 33.8. The van der Waals surface area contributed by atoms with Crippen molar-refractivity contribution in [1.82, 2.24) is 9.80 Å². The lowest BCUT2D eigenvalue weighted by Gasteiger charge is -2.49. The van der Waals surface area contributed by atoms with E-state index in [1.54, 1.807) is 12.2 Å². The lowest BCUT2D eigenvalue weighted by Crippen LogP contribution is -2.56. The van der Waals surface area contributed by atoms with Gasteiger partial charge in [-0.2, -0.15) is 0 Å². The molecule has 2 aliphatic rings. The highest BCUT2D eigenvalue weighted by Crippen LogP contribution is 2.47. The highest BCUT2D eigenvalue weighted by Gasteiger charge is 2.49. The zero-order chi connectivity index (χ0) is 53.3. The van der Waals surface area contributed by atoms with Gasteiger partial charge in [0.05, 0.1) is 37.4 Å². The molecule has 4 aromatic carbocycles. The van der Waals surface area contributed by atoms with Gasteiger partial charge in [-0.05, 0) is 120 Å². The largest absolute Gasteiger partial charge is 0.415 e. The number of carbonyl (C=O) groups excluding carboxylic acids is 2. The number of hydrogen-bond acceptors (Lipinski definition) is 6. The molecule has 2 heterocycles. The molecule has 0 unspecified atom stereocenters. The second-order valence-corrected chi connectivity index (χ2v) is 33.4. The van der Waals surface area contributed by atoms with Gasteiger partial charge in [-0.25, -0.2) is 0 Å². The van der Waals surface area contributed by atoms with E-state index in [0.717, 1.165) is 35.1 Å². The molecule has 0 aliphatic carbocycles. The van der Waals surface area contributed by atoms with E-state index < -0.39 is 41.1 Å². The Morgan fingerprint density at radius 2 is 0.889 bits per heavy atom. The zero-order valence-corrected chi connectivity index (χ0v) is 49.5. The minimum absolute atomic E-state index is 0.0428. The molecule has 8 nitrogen and oxygen atoms in total. The van der Waals surface area contributed by atoms with E-state index in [1.807, 2.05) is 107 Å². The fourth-order valence-electron chi connectivity index (χ4n) is 8.66. The van der Waals surface area contributed by atoms with E-state index >= 15 is 0 Å². The summed E-state index contributed by atoms with van der Waals surface area (Å²) < 4.78 is 26.3. The number of carbonyl (C=O) groups is 2. The predicted octanol–water partition coefficient (Wildman–Crippen LogP) is 16.8. The number of rotatable bonds is 18. The number of halogens is 4. The van der Waals surface area contributed by atoms with Crippen molar-refractivity contribution in [2.45, 2.75) is 166 Å². The van der Waals surface area contributed by atoms with Gasteiger partial charge >= 0.3 is 0 Å². The SMILES string of the molecule is C=CC[C@@H]1O[C@H](c2cccc(Cl)c2)[C@@H](c2ccc(Cl)cc2)N([C@@H](CC)CO[Si](C)(C)C(C)(C)C)C1=O.C=CC[C@H]1O[C@H](c2cccc(Cl)c2)[C@@H](c2ccc(Cl)cc2)N([C@@H](CC)CO[Si](C)(C)C(C)(C)C)C1=O. The van der Waals surface area contributed by atoms with Crippen LogP contribution in [-0.2, 0) is 27.9 Å². The van der Waals surface area contributed by atoms with Crippen LogP contribution in [0.25, 0.3) is 0 Å². The molecular weight excluding hydrogens is 1020 g/mol. The second kappa shape index (κ2) is 25.5. The van der Waals surface area contributed by atoms with Crippen molar-refractivity contribution in [2.24, 2.45) is 0 Å². The summed E-state index contributed by atoms with van der Waals surface area (Å²) in [6, 6.07) is 29.7. The molecule has 392 valence electrons. The Bertz CT molecular complexity index is 2270. The van der Waals surface area contributed by atoms with E-state index in [0.29, 0.717) is 46.1 Å². The smallest absolute Gasteiger partial charge is 0.253 e. The maximum atomic E-state index is 14.0. The van der Waals surface area contributed by atoms with Crippen molar-refractivity contribution in [1.29, 1.82) is 0 Å². The first-order valence-corrected chi connectivity index (χ1v) is 32.6. The molecule has 0 aromatic heterocycles. The molecule has 8 atom stereocenters. The van der Waals surface area contributed by atoms with Crippen molar-refractivity contribution in [2.75, 3.05) is 13.2 Å². The summed E-state index contributed by atoms with van der Waals surface area (Å²) in [5.74, 6) is -0.0855. The van der Waals surface area contributed by atoms with Crippen molar-refractivity contribution >= 4 is 74.9 Å². The summed E-state index contributed by atoms with van der Waals surface area (Å²) in [4.78, 5) is 32.0. The molecule has 0 saturated carbocycles. The maximum absolute atomic E-state index is 14.0. The van der Waals surface area contributed by atoms with Crippen LogP contribution >= 0.6 is 46.4 Å². The van der Waals surface area contributed by atoms with E-state index in [1.165, 1.54) is 0 Å². The van der Waals surface area contributed by atoms with E-state index in [-0.39, 0.29) is 46.1 Å². The first-order valence-electron chi connectivity index (χ1n) is 25.3. The summed E-state index contributed by atoms with van der Waals surface area (Å²) in [6.45, 7) is 35.3. The molecule has 2 fully saturated rings. The lowest BCUT2D eigenvalue weighted by atomic mass is 9.89. The van der Waals surface area contributed by atoms with E-state index in [4.69, 9.17) is 64.7 Å². The third kappa shape index (κ3) is 14.6. The van der Waals surface area contributed by atoms with Crippen LogP contribution in [0.5, 0.6) is 0 Å². The monoisotopic (exact) mass is 1090 g/mol. The van der Waals surface area contributed by atoms with Gasteiger partial charge in [0.25, 0.3) is 11.8 Å². The van der Waals surface area contributed by atoms with Gasteiger partial charge < -0.3 is 28.1 Å². The fourth-order valence-corrected chi connectivity index (χ4v) is 11.4. The molecule has 2 aliphatic heterocycles. The molecular formula is C58H78Cl4N2O6Si2. The molecule has 0 radical (unpaired) electrons. The van der Waals surface area contributed by atoms with Crippen LogP contribution in [0.1, 0.15) is 128 Å². The van der Waals surface area contributed by atoms with Crippen molar-refractivity contribution in [3.05, 3.63) is 165 Å². The van der Waals surface area contributed by atoms with Gasteiger partial charge in [0, 0.05) is 32.9 Å². The highest BCUT2D eigenvalue weighted by atomic mass is 35.5. The molecule has 72 heavy (non-hydrogen) atoms. The standard InChI is InChI=1S/2C29H39Cl2NO3Si/c2*1-8-11-25-28(33)32(24(9-2)19-34-36(6,7)29(3,4)5)26(20-14-16-22(30)17-15-20)27(35-25)21-12-10-13-23(31)18-21/h2*8,10,12-18,24-27H,1,9,11,19H2,2-7H3/t24-,25+,26+,27+;24-,25-,26+,27+/m00/s1. The van der Waals surface area contributed by atoms with E-state index in [2.05, 4.69) is 94.7 Å². The van der Waals surface area contributed by atoms with Crippen molar-refractivity contribution in [3.63, 3.8) is 0 Å². The number of nitrogens with zero attached hydrogens (tertiary/aromatic N) is 2. The average Bonchev–Trinajstić information content (AvgIpc) is 3.31. The normalized spacial score (nSPS) is 21.9. The van der Waals surface area contributed by atoms with Crippen LogP contribution in [0.15, 0.2) is 122 Å². The summed E-state index contributed by atoms with van der Waals surface area (Å²) in [5, 5.41) is 2.69. The van der Waals surface area contributed by atoms with Gasteiger partial charge in [0.2, 0.25) is 0 Å². The summed E-state index contributed by atoms with van der Waals surface area (Å²) in [7, 11) is -4.04. The zero-order valence-electron chi connectivity index (χ0n) is 44.5. The fraction of sp³-hybridized carbons (Fsp3) is 0.483. The van der Waals surface area contributed by atoms with Crippen molar-refractivity contribution < 1.29 is 27.9 Å². The van der Waals surface area contributed by atoms with Gasteiger partial charge in [0.15, 0.2) is 16.6 Å². The number of benzene rings is 4. The number of hydrogen-bond donors (Lipinski definition) is 0. The molecule has 14 heteroatoms. The molecule has 0 bridgehead atoms. The average molecular weight is 1100 g/mol. The Balaban J connectivity index is 0.000000267. The third-order valence-corrected chi connectivity index (χ3v) is 25.0. The summed E-state index contributed by atoms with van der Waals surface area (Å²) in [5.41, 5.74) is 3.77. The Hall–Kier alpha value is -3.27. The molecule has 0 spiro atoms. The Kier molecular flexibility index (Phi) is 21.1.